The van der Waals surface area contributed by atoms with Crippen molar-refractivity contribution in [3.63, 3.8) is 0 Å². The first-order valence-corrected chi connectivity index (χ1v) is 10.1. The lowest BCUT2D eigenvalue weighted by molar-refractivity contribution is 0.647. The summed E-state index contributed by atoms with van der Waals surface area (Å²) in [6.45, 7) is 1.97. The number of fused-ring (bicyclic) bond motifs is 1. The van der Waals surface area contributed by atoms with Crippen LogP contribution in [0.15, 0.2) is 41.5 Å². The Morgan fingerprint density at radius 3 is 2.70 bits per heavy atom. The predicted molar refractivity (Wildman–Crippen MR) is 109 cm³/mol. The fraction of sp³-hybridized carbons (Fsp3) is 0.429. The summed E-state index contributed by atoms with van der Waals surface area (Å²) >= 11 is 6.41. The van der Waals surface area contributed by atoms with Gasteiger partial charge in [0.25, 0.3) is 5.56 Å². The maximum Gasteiger partial charge on any atom is 0.287 e. The van der Waals surface area contributed by atoms with Crippen LogP contribution in [0.5, 0.6) is 0 Å². The molecule has 0 radical (unpaired) electrons. The van der Waals surface area contributed by atoms with Crippen LogP contribution in [0.1, 0.15) is 25.7 Å². The normalized spacial score (nSPS) is 16.8. The molecule has 27 heavy (non-hydrogen) atoms. The van der Waals surface area contributed by atoms with Crippen LogP contribution in [0, 0.1) is 11.8 Å². The molecule has 140 valence electrons. The molecule has 0 amide bonds. The van der Waals surface area contributed by atoms with E-state index in [1.165, 1.54) is 41.3 Å². The summed E-state index contributed by atoms with van der Waals surface area (Å²) in [5.41, 5.74) is 2.77. The highest BCUT2D eigenvalue weighted by molar-refractivity contribution is 6.33. The summed E-state index contributed by atoms with van der Waals surface area (Å²) in [7, 11) is 1.62. The lowest BCUT2D eigenvalue weighted by Gasteiger charge is -2.25. The van der Waals surface area contributed by atoms with Crippen LogP contribution in [0.25, 0.3) is 10.9 Å². The molecule has 2 aromatic heterocycles. The third-order valence-corrected chi connectivity index (χ3v) is 6.06. The van der Waals surface area contributed by atoms with E-state index in [2.05, 4.69) is 45.0 Å². The number of benzene rings is 1. The average Bonchev–Trinajstić information content (AvgIpc) is 3.59. The molecule has 0 aliphatic heterocycles. The summed E-state index contributed by atoms with van der Waals surface area (Å²) < 4.78 is 3.64. The van der Waals surface area contributed by atoms with E-state index in [9.17, 15) is 4.79 Å². The van der Waals surface area contributed by atoms with Crippen molar-refractivity contribution in [2.45, 2.75) is 32.2 Å². The first-order valence-electron chi connectivity index (χ1n) is 9.68. The number of aryl methyl sites for hydroxylation is 1. The molecule has 0 bridgehead atoms. The Hall–Kier alpha value is -2.27. The monoisotopic (exact) mass is 382 g/mol. The maximum atomic E-state index is 12.3. The van der Waals surface area contributed by atoms with Gasteiger partial charge in [0.05, 0.1) is 11.9 Å². The van der Waals surface area contributed by atoms with E-state index in [1.807, 2.05) is 0 Å². The topological polar surface area (TPSA) is 43.1 Å². The summed E-state index contributed by atoms with van der Waals surface area (Å²) in [6.07, 6.45) is 9.04. The number of nitrogens with zero attached hydrogens (tertiary/aromatic N) is 4. The van der Waals surface area contributed by atoms with E-state index in [0.717, 1.165) is 24.7 Å². The minimum atomic E-state index is -0.258. The largest absolute Gasteiger partial charge is 0.347 e. The number of aromatic nitrogens is 3. The highest BCUT2D eigenvalue weighted by atomic mass is 35.5. The average molecular weight is 383 g/mol. The fourth-order valence-electron chi connectivity index (χ4n) is 3.68. The number of hydrogen-bond donors (Lipinski definition) is 0. The van der Waals surface area contributed by atoms with Crippen molar-refractivity contribution in [1.29, 1.82) is 0 Å². The van der Waals surface area contributed by atoms with E-state index in [4.69, 9.17) is 11.6 Å². The van der Waals surface area contributed by atoms with Crippen LogP contribution in [0.2, 0.25) is 5.02 Å². The molecule has 2 saturated carbocycles. The SMILES string of the molecule is Cn1ncc(N(CC2CC2)c2ccc3c(ccn3CC3CC3)c2)c(Cl)c1=O. The Bertz CT molecular complexity index is 1060. The van der Waals surface area contributed by atoms with Gasteiger partial charge in [0, 0.05) is 42.9 Å². The molecule has 0 N–H and O–H groups in total. The van der Waals surface area contributed by atoms with E-state index in [1.54, 1.807) is 13.2 Å². The molecule has 5 rings (SSSR count). The number of anilines is 2. The highest BCUT2D eigenvalue weighted by Gasteiger charge is 2.27. The molecule has 0 unspecified atom stereocenters. The van der Waals surface area contributed by atoms with Gasteiger partial charge in [-0.05, 0) is 61.8 Å². The van der Waals surface area contributed by atoms with Crippen molar-refractivity contribution in [3.05, 3.63) is 52.0 Å². The quantitative estimate of drug-likeness (QED) is 0.636. The first-order chi connectivity index (χ1) is 13.1. The van der Waals surface area contributed by atoms with Gasteiger partial charge in [0.1, 0.15) is 5.02 Å². The van der Waals surface area contributed by atoms with E-state index in [0.29, 0.717) is 11.6 Å². The Labute approximate surface area is 163 Å². The Morgan fingerprint density at radius 1 is 1.19 bits per heavy atom. The lowest BCUT2D eigenvalue weighted by atomic mass is 10.2. The molecule has 2 fully saturated rings. The zero-order valence-corrected chi connectivity index (χ0v) is 16.2. The second-order valence-electron chi connectivity index (χ2n) is 7.98. The number of hydrogen-bond acceptors (Lipinski definition) is 3. The second kappa shape index (κ2) is 6.41. The summed E-state index contributed by atoms with van der Waals surface area (Å²) in [6, 6.07) is 8.71. The minimum absolute atomic E-state index is 0.236. The van der Waals surface area contributed by atoms with Gasteiger partial charge in [-0.25, -0.2) is 4.68 Å². The molecule has 0 atom stereocenters. The molecular formula is C21H23ClN4O. The summed E-state index contributed by atoms with van der Waals surface area (Å²) in [4.78, 5) is 14.4. The van der Waals surface area contributed by atoms with E-state index < -0.39 is 0 Å². The molecule has 0 spiro atoms. The van der Waals surface area contributed by atoms with Crippen LogP contribution in [0.3, 0.4) is 0 Å². The van der Waals surface area contributed by atoms with Crippen LogP contribution in [-0.2, 0) is 13.6 Å². The smallest absolute Gasteiger partial charge is 0.287 e. The zero-order valence-electron chi connectivity index (χ0n) is 15.4. The lowest BCUT2D eigenvalue weighted by Crippen LogP contribution is -2.26. The van der Waals surface area contributed by atoms with Gasteiger partial charge in [-0.2, -0.15) is 5.10 Å². The van der Waals surface area contributed by atoms with Gasteiger partial charge in [0.2, 0.25) is 0 Å². The maximum absolute atomic E-state index is 12.3. The molecule has 2 aliphatic carbocycles. The molecule has 0 saturated heterocycles. The molecule has 1 aromatic carbocycles. The summed E-state index contributed by atoms with van der Waals surface area (Å²) in [5.74, 6) is 1.50. The molecule has 5 nitrogen and oxygen atoms in total. The van der Waals surface area contributed by atoms with Crippen LogP contribution in [-0.4, -0.2) is 20.9 Å². The van der Waals surface area contributed by atoms with Crippen LogP contribution in [0.4, 0.5) is 11.4 Å². The molecule has 2 heterocycles. The predicted octanol–water partition coefficient (Wildman–Crippen LogP) is 4.35. The van der Waals surface area contributed by atoms with Crippen molar-refractivity contribution < 1.29 is 0 Å². The van der Waals surface area contributed by atoms with Crippen molar-refractivity contribution in [3.8, 4) is 0 Å². The van der Waals surface area contributed by atoms with Gasteiger partial charge in [0.15, 0.2) is 0 Å². The van der Waals surface area contributed by atoms with Crippen LogP contribution >= 0.6 is 11.6 Å². The third kappa shape index (κ3) is 3.25. The Morgan fingerprint density at radius 2 is 1.96 bits per heavy atom. The van der Waals surface area contributed by atoms with Crippen molar-refractivity contribution >= 4 is 33.9 Å². The van der Waals surface area contributed by atoms with E-state index >= 15 is 0 Å². The van der Waals surface area contributed by atoms with Crippen LogP contribution < -0.4 is 10.5 Å². The summed E-state index contributed by atoms with van der Waals surface area (Å²) in [5, 5.41) is 5.65. The van der Waals surface area contributed by atoms with Gasteiger partial charge in [-0.3, -0.25) is 4.79 Å². The van der Waals surface area contributed by atoms with Crippen molar-refractivity contribution in [2.75, 3.05) is 11.4 Å². The number of halogens is 1. The fourth-order valence-corrected chi connectivity index (χ4v) is 3.96. The van der Waals surface area contributed by atoms with Crippen molar-refractivity contribution in [2.24, 2.45) is 18.9 Å². The molecular weight excluding hydrogens is 360 g/mol. The Kier molecular flexibility index (Phi) is 4.01. The van der Waals surface area contributed by atoms with E-state index in [-0.39, 0.29) is 10.6 Å². The molecule has 3 aromatic rings. The molecule has 6 heteroatoms. The number of rotatable bonds is 6. The third-order valence-electron chi connectivity index (χ3n) is 5.71. The van der Waals surface area contributed by atoms with Gasteiger partial charge in [-0.1, -0.05) is 11.6 Å². The Balaban J connectivity index is 1.55. The molecule has 2 aliphatic rings. The van der Waals surface area contributed by atoms with Crippen molar-refractivity contribution in [1.82, 2.24) is 14.3 Å². The highest BCUT2D eigenvalue weighted by Crippen LogP contribution is 2.38. The first kappa shape index (κ1) is 16.9. The standard InChI is InChI=1S/C21H23ClN4O/c1-24-21(27)20(22)19(11-23-24)26(13-15-4-5-15)17-6-7-18-16(10-17)8-9-25(18)12-14-2-3-14/h6-11,14-15H,2-5,12-13H2,1H3. The zero-order chi connectivity index (χ0) is 18.5. The van der Waals surface area contributed by atoms with Gasteiger partial charge in [-0.15, -0.1) is 0 Å². The second-order valence-corrected chi connectivity index (χ2v) is 8.36. The van der Waals surface area contributed by atoms with Gasteiger partial charge >= 0.3 is 0 Å². The minimum Gasteiger partial charge on any atom is -0.347 e. The van der Waals surface area contributed by atoms with Gasteiger partial charge < -0.3 is 9.47 Å².